The van der Waals surface area contributed by atoms with Crippen LogP contribution in [0.15, 0.2) is 21.6 Å². The summed E-state index contributed by atoms with van der Waals surface area (Å²) in [7, 11) is 0. The normalized spacial score (nSPS) is 14.0. The first-order valence-corrected chi connectivity index (χ1v) is 3.76. The second kappa shape index (κ2) is 6.43. The Kier molecular flexibility index (Phi) is 9.67. The van der Waals surface area contributed by atoms with Gasteiger partial charge in [-0.1, -0.05) is 0 Å². The van der Waals surface area contributed by atoms with Crippen LogP contribution in [0.5, 0.6) is 0 Å². The van der Waals surface area contributed by atoms with E-state index in [4.69, 9.17) is 0 Å². The molecule has 0 fully saturated rings. The summed E-state index contributed by atoms with van der Waals surface area (Å²) in [5, 5.41) is 0. The fraction of sp³-hybridized carbons (Fsp3) is 0.200. The van der Waals surface area contributed by atoms with E-state index in [-0.39, 0.29) is 34.0 Å². The summed E-state index contributed by atoms with van der Waals surface area (Å²) in [6.45, 7) is 0. The third kappa shape index (κ3) is 4.21. The Morgan fingerprint density at radius 2 is 2.00 bits per heavy atom. The monoisotopic (exact) mass is 403 g/mol. The predicted octanol–water partition coefficient (Wildman–Crippen LogP) is -4.61. The standard InChI is InChI=1S/C5H5.2BrH.Hf/c1-2-4-5-3-1;;;/h1-3H,4H2;2*1H;/q;;;+2/p-2. The second-order valence-electron chi connectivity index (χ2n) is 1.32. The number of hydrogen-bond acceptors (Lipinski definition) is 0. The average molecular weight is 403 g/mol. The van der Waals surface area contributed by atoms with Crippen LogP contribution in [0.1, 0.15) is 6.42 Å². The molecule has 0 radical (unpaired) electrons. The summed E-state index contributed by atoms with van der Waals surface area (Å²) < 4.78 is 1.61. The van der Waals surface area contributed by atoms with E-state index < -0.39 is 0 Å². The second-order valence-corrected chi connectivity index (χ2v) is 3.63. The first-order chi connectivity index (χ1) is 2.89. The zero-order valence-electron chi connectivity index (χ0n) is 4.20. The maximum absolute atomic E-state index is 2.20. The molecule has 0 heterocycles. The van der Waals surface area contributed by atoms with Gasteiger partial charge in [0.1, 0.15) is 0 Å². The molecule has 0 aliphatic heterocycles. The van der Waals surface area contributed by atoms with E-state index >= 15 is 0 Å². The molecular formula is C5H5Br2Hf. The summed E-state index contributed by atoms with van der Waals surface area (Å²) in [5.41, 5.74) is 0. The number of halogens is 2. The molecule has 0 aromatic carbocycles. The number of hydrogen-bond donors (Lipinski definition) is 0. The van der Waals surface area contributed by atoms with Crippen molar-refractivity contribution >= 4 is 0 Å². The molecule has 1 aliphatic carbocycles. The third-order valence-corrected chi connectivity index (χ3v) is 2.10. The van der Waals surface area contributed by atoms with Crippen LogP contribution in [0.3, 0.4) is 0 Å². The Morgan fingerprint density at radius 1 is 1.38 bits per heavy atom. The van der Waals surface area contributed by atoms with Gasteiger partial charge in [0.2, 0.25) is 0 Å². The Balaban J connectivity index is 0. The molecule has 0 unspecified atom stereocenters. The zero-order chi connectivity index (χ0) is 4.41. The molecule has 0 N–H and O–H groups in total. The van der Waals surface area contributed by atoms with Crippen molar-refractivity contribution in [3.63, 3.8) is 0 Å². The third-order valence-electron chi connectivity index (χ3n) is 0.771. The fourth-order valence-electron chi connectivity index (χ4n) is 0.447. The summed E-state index contributed by atoms with van der Waals surface area (Å²) in [4.78, 5) is 0. The Hall–Kier alpha value is 1.31. The van der Waals surface area contributed by atoms with Gasteiger partial charge in [0, 0.05) is 0 Å². The zero-order valence-corrected chi connectivity index (χ0v) is 11.0. The van der Waals surface area contributed by atoms with Crippen molar-refractivity contribution in [1.29, 1.82) is 0 Å². The van der Waals surface area contributed by atoms with Crippen LogP contribution >= 0.6 is 0 Å². The van der Waals surface area contributed by atoms with E-state index in [1.54, 1.807) is 3.33 Å². The van der Waals surface area contributed by atoms with Crippen molar-refractivity contribution < 1.29 is 58.3 Å². The van der Waals surface area contributed by atoms with Crippen LogP contribution in [-0.4, -0.2) is 0 Å². The molecule has 0 aromatic rings. The van der Waals surface area contributed by atoms with Crippen molar-refractivity contribution in [3.05, 3.63) is 21.6 Å². The molecule has 3 heteroatoms. The van der Waals surface area contributed by atoms with Gasteiger partial charge in [0.25, 0.3) is 0 Å². The molecule has 1 rings (SSSR count). The first kappa shape index (κ1) is 12.0. The van der Waals surface area contributed by atoms with Gasteiger partial charge in [-0.25, -0.2) is 0 Å². The minimum absolute atomic E-state index is 0. The number of rotatable bonds is 0. The van der Waals surface area contributed by atoms with Crippen LogP contribution in [0.2, 0.25) is 0 Å². The summed E-state index contributed by atoms with van der Waals surface area (Å²) in [6, 6.07) is 0. The van der Waals surface area contributed by atoms with Gasteiger partial charge in [-0.3, -0.25) is 0 Å². The molecule has 0 amide bonds. The van der Waals surface area contributed by atoms with Crippen molar-refractivity contribution in [2.45, 2.75) is 6.42 Å². The van der Waals surface area contributed by atoms with Crippen molar-refractivity contribution in [2.75, 3.05) is 0 Å². The fourth-order valence-corrected chi connectivity index (χ4v) is 1.22. The first-order valence-electron chi connectivity index (χ1n) is 1.97. The minimum atomic E-state index is 0. The van der Waals surface area contributed by atoms with E-state index in [0.717, 1.165) is 0 Å². The molecule has 0 nitrogen and oxygen atoms in total. The maximum atomic E-state index is 2.20. The molecule has 0 saturated carbocycles. The van der Waals surface area contributed by atoms with E-state index in [2.05, 4.69) is 18.2 Å². The van der Waals surface area contributed by atoms with Gasteiger partial charge in [0.05, 0.1) is 0 Å². The topological polar surface area (TPSA) is 0 Å². The molecule has 0 atom stereocenters. The van der Waals surface area contributed by atoms with Crippen LogP contribution in [0.25, 0.3) is 0 Å². The van der Waals surface area contributed by atoms with Crippen LogP contribution in [0, 0.1) is 0 Å². The van der Waals surface area contributed by atoms with Crippen molar-refractivity contribution in [2.24, 2.45) is 0 Å². The summed E-state index contributed by atoms with van der Waals surface area (Å²) in [6.07, 6.45) is 7.75. The van der Waals surface area contributed by atoms with Gasteiger partial charge in [-0.15, -0.1) is 0 Å². The molecule has 0 bridgehead atoms. The van der Waals surface area contributed by atoms with Gasteiger partial charge in [0.15, 0.2) is 0 Å². The quantitative estimate of drug-likeness (QED) is 0.357. The van der Waals surface area contributed by atoms with E-state index in [0.29, 0.717) is 0 Å². The number of allylic oxidation sites excluding steroid dienone is 4. The van der Waals surface area contributed by atoms with E-state index in [1.807, 2.05) is 0 Å². The van der Waals surface area contributed by atoms with Crippen LogP contribution < -0.4 is 34.0 Å². The van der Waals surface area contributed by atoms with Gasteiger partial charge in [-0.2, -0.15) is 0 Å². The Morgan fingerprint density at radius 3 is 2.12 bits per heavy atom. The predicted molar refractivity (Wildman–Crippen MR) is 21.8 cm³/mol. The van der Waals surface area contributed by atoms with E-state index in [1.165, 1.54) is 30.8 Å². The molecule has 1 aliphatic rings. The molecular weight excluding hydrogens is 398 g/mol. The average Bonchev–Trinajstić information content (AvgIpc) is 1.86. The molecule has 8 heavy (non-hydrogen) atoms. The van der Waals surface area contributed by atoms with Crippen molar-refractivity contribution in [3.8, 4) is 0 Å². The molecule has 43 valence electrons. The van der Waals surface area contributed by atoms with Gasteiger partial charge in [-0.05, 0) is 0 Å². The van der Waals surface area contributed by atoms with Gasteiger partial charge >= 0.3 is 52.4 Å². The Labute approximate surface area is 85.5 Å². The van der Waals surface area contributed by atoms with Crippen molar-refractivity contribution in [1.82, 2.24) is 0 Å². The summed E-state index contributed by atoms with van der Waals surface area (Å²) in [5.74, 6) is 0. The molecule has 0 aromatic heterocycles. The molecule has 0 saturated heterocycles. The SMILES string of the molecule is [Br-].[Br-].[Hf+2][C]1=CC=CC1. The Bertz CT molecular complexity index is 107. The van der Waals surface area contributed by atoms with Crippen LogP contribution in [-0.2, 0) is 24.4 Å². The summed E-state index contributed by atoms with van der Waals surface area (Å²) >= 11 is 1.25. The van der Waals surface area contributed by atoms with E-state index in [9.17, 15) is 0 Å². The van der Waals surface area contributed by atoms with Gasteiger partial charge < -0.3 is 34.0 Å². The van der Waals surface area contributed by atoms with Crippen LogP contribution in [0.4, 0.5) is 0 Å². The molecule has 0 spiro atoms.